The van der Waals surface area contributed by atoms with Crippen molar-refractivity contribution in [3.05, 3.63) is 62.0 Å². The fourth-order valence-electron chi connectivity index (χ4n) is 1.65. The van der Waals surface area contributed by atoms with Gasteiger partial charge < -0.3 is 5.32 Å². The minimum atomic E-state index is -0.480. The van der Waals surface area contributed by atoms with Crippen LogP contribution in [-0.2, 0) is 0 Å². The molecule has 0 aliphatic rings. The number of hydrogen-bond donors (Lipinski definition) is 1. The van der Waals surface area contributed by atoms with Gasteiger partial charge >= 0.3 is 0 Å². The van der Waals surface area contributed by atoms with E-state index in [2.05, 4.69) is 43.2 Å². The van der Waals surface area contributed by atoms with E-state index in [1.807, 2.05) is 30.3 Å². The molecule has 19 heavy (non-hydrogen) atoms. The second-order valence-corrected chi connectivity index (χ2v) is 6.00. The van der Waals surface area contributed by atoms with Crippen molar-refractivity contribution in [2.45, 2.75) is 6.04 Å². The first kappa shape index (κ1) is 14.4. The smallest absolute Gasteiger partial charge is 0.141 e. The van der Waals surface area contributed by atoms with Gasteiger partial charge in [0.25, 0.3) is 0 Å². The van der Waals surface area contributed by atoms with Gasteiger partial charge in [-0.05, 0) is 46.3 Å². The highest BCUT2D eigenvalue weighted by molar-refractivity contribution is 9.11. The van der Waals surface area contributed by atoms with Gasteiger partial charge in [0.15, 0.2) is 0 Å². The van der Waals surface area contributed by atoms with Crippen LogP contribution in [0.5, 0.6) is 0 Å². The summed E-state index contributed by atoms with van der Waals surface area (Å²) in [6.07, 6.45) is 0. The van der Waals surface area contributed by atoms with Crippen molar-refractivity contribution >= 4 is 49.1 Å². The van der Waals surface area contributed by atoms with E-state index in [0.717, 1.165) is 20.2 Å². The summed E-state index contributed by atoms with van der Waals surface area (Å²) in [4.78, 5) is 0. The van der Waals surface area contributed by atoms with Gasteiger partial charge in [-0.15, -0.1) is 0 Å². The third kappa shape index (κ3) is 3.50. The van der Waals surface area contributed by atoms with Crippen molar-refractivity contribution in [3.8, 4) is 6.07 Å². The van der Waals surface area contributed by atoms with Crippen LogP contribution in [0.15, 0.2) is 51.4 Å². The number of anilines is 1. The predicted molar refractivity (Wildman–Crippen MR) is 85.3 cm³/mol. The average molecular weight is 401 g/mol. The van der Waals surface area contributed by atoms with Crippen LogP contribution in [0.25, 0.3) is 0 Å². The van der Waals surface area contributed by atoms with Gasteiger partial charge in [-0.3, -0.25) is 0 Å². The molecular weight excluding hydrogens is 391 g/mol. The monoisotopic (exact) mass is 398 g/mol. The van der Waals surface area contributed by atoms with Gasteiger partial charge in [-0.2, -0.15) is 5.26 Å². The van der Waals surface area contributed by atoms with Crippen LogP contribution in [0.1, 0.15) is 11.6 Å². The van der Waals surface area contributed by atoms with Crippen LogP contribution in [0.4, 0.5) is 5.69 Å². The Balaban J connectivity index is 2.34. The Kier molecular flexibility index (Phi) is 4.87. The largest absolute Gasteiger partial charge is 0.365 e. The molecule has 0 heterocycles. The Bertz CT molecular complexity index is 638. The molecule has 2 rings (SSSR count). The quantitative estimate of drug-likeness (QED) is 0.734. The summed E-state index contributed by atoms with van der Waals surface area (Å²) in [5.74, 6) is 0. The number of hydrogen-bond acceptors (Lipinski definition) is 2. The van der Waals surface area contributed by atoms with Crippen molar-refractivity contribution in [3.63, 3.8) is 0 Å². The standard InChI is InChI=1S/C14H9Br2ClN2/c15-11-6-5-9(17)7-10(11)14(8-18)19-13-4-2-1-3-12(13)16/h1-7,14,19H. The summed E-state index contributed by atoms with van der Waals surface area (Å²) in [7, 11) is 0. The van der Waals surface area contributed by atoms with E-state index in [4.69, 9.17) is 11.6 Å². The number of nitrogens with zero attached hydrogens (tertiary/aromatic N) is 1. The Labute approximate surface area is 133 Å². The van der Waals surface area contributed by atoms with Gasteiger partial charge in [0.2, 0.25) is 0 Å². The Morgan fingerprint density at radius 2 is 1.84 bits per heavy atom. The summed E-state index contributed by atoms with van der Waals surface area (Å²) in [6, 6.07) is 14.8. The second kappa shape index (κ2) is 6.42. The van der Waals surface area contributed by atoms with Crippen LogP contribution in [0, 0.1) is 11.3 Å². The van der Waals surface area contributed by atoms with Crippen LogP contribution in [0.3, 0.4) is 0 Å². The maximum atomic E-state index is 9.36. The Morgan fingerprint density at radius 3 is 2.53 bits per heavy atom. The molecule has 0 radical (unpaired) electrons. The first-order valence-electron chi connectivity index (χ1n) is 5.47. The lowest BCUT2D eigenvalue weighted by Crippen LogP contribution is -2.09. The number of nitrogens with one attached hydrogen (secondary N) is 1. The molecule has 0 saturated heterocycles. The molecule has 5 heteroatoms. The lowest BCUT2D eigenvalue weighted by atomic mass is 10.1. The van der Waals surface area contributed by atoms with E-state index >= 15 is 0 Å². The van der Waals surface area contributed by atoms with E-state index in [0.29, 0.717) is 5.02 Å². The molecule has 0 spiro atoms. The van der Waals surface area contributed by atoms with Crippen LogP contribution in [0.2, 0.25) is 5.02 Å². The molecule has 1 unspecified atom stereocenters. The van der Waals surface area contributed by atoms with E-state index in [1.54, 1.807) is 12.1 Å². The zero-order valence-electron chi connectivity index (χ0n) is 9.70. The molecule has 0 aliphatic heterocycles. The third-order valence-corrected chi connectivity index (χ3v) is 4.22. The first-order chi connectivity index (χ1) is 9.11. The molecule has 0 amide bonds. The number of para-hydroxylation sites is 1. The molecule has 2 aromatic rings. The number of benzene rings is 2. The maximum Gasteiger partial charge on any atom is 0.141 e. The highest BCUT2D eigenvalue weighted by Crippen LogP contribution is 2.31. The van der Waals surface area contributed by atoms with E-state index in [1.165, 1.54) is 0 Å². The average Bonchev–Trinajstić information content (AvgIpc) is 2.41. The molecule has 0 aliphatic carbocycles. The van der Waals surface area contributed by atoms with Crippen LogP contribution in [-0.4, -0.2) is 0 Å². The van der Waals surface area contributed by atoms with Crippen molar-refractivity contribution in [2.24, 2.45) is 0 Å². The Hall–Kier alpha value is -1.02. The highest BCUT2D eigenvalue weighted by Gasteiger charge is 2.15. The molecule has 1 atom stereocenters. The molecule has 2 aromatic carbocycles. The van der Waals surface area contributed by atoms with Crippen molar-refractivity contribution in [1.82, 2.24) is 0 Å². The van der Waals surface area contributed by atoms with Gasteiger partial charge in [-0.25, -0.2) is 0 Å². The first-order valence-corrected chi connectivity index (χ1v) is 7.44. The van der Waals surface area contributed by atoms with Gasteiger partial charge in [-0.1, -0.05) is 39.7 Å². The van der Waals surface area contributed by atoms with E-state index in [-0.39, 0.29) is 0 Å². The number of nitriles is 1. The molecule has 0 fully saturated rings. The molecule has 0 saturated carbocycles. The number of halogens is 3. The van der Waals surface area contributed by atoms with Gasteiger partial charge in [0.05, 0.1) is 6.07 Å². The van der Waals surface area contributed by atoms with E-state index < -0.39 is 6.04 Å². The minimum absolute atomic E-state index is 0.480. The molecular formula is C14H9Br2ClN2. The SMILES string of the molecule is N#CC(Nc1ccccc1Br)c1cc(Cl)ccc1Br. The molecule has 1 N–H and O–H groups in total. The molecule has 96 valence electrons. The zero-order valence-corrected chi connectivity index (χ0v) is 13.6. The fourth-order valence-corrected chi connectivity index (χ4v) is 2.70. The summed E-state index contributed by atoms with van der Waals surface area (Å²) in [5, 5.41) is 13.1. The van der Waals surface area contributed by atoms with Crippen molar-refractivity contribution in [2.75, 3.05) is 5.32 Å². The maximum absolute atomic E-state index is 9.36. The molecule has 0 bridgehead atoms. The summed E-state index contributed by atoms with van der Waals surface area (Å²) >= 11 is 12.9. The van der Waals surface area contributed by atoms with Crippen molar-refractivity contribution in [1.29, 1.82) is 5.26 Å². The fraction of sp³-hybridized carbons (Fsp3) is 0.0714. The highest BCUT2D eigenvalue weighted by atomic mass is 79.9. The number of rotatable bonds is 3. The molecule has 2 nitrogen and oxygen atoms in total. The normalized spacial score (nSPS) is 11.7. The van der Waals surface area contributed by atoms with E-state index in [9.17, 15) is 5.26 Å². The van der Waals surface area contributed by atoms with Crippen LogP contribution < -0.4 is 5.32 Å². The third-order valence-electron chi connectivity index (χ3n) is 2.57. The second-order valence-electron chi connectivity index (χ2n) is 3.85. The summed E-state index contributed by atoms with van der Waals surface area (Å²) < 4.78 is 1.76. The lowest BCUT2D eigenvalue weighted by molar-refractivity contribution is 0.988. The van der Waals surface area contributed by atoms with Crippen molar-refractivity contribution < 1.29 is 0 Å². The summed E-state index contributed by atoms with van der Waals surface area (Å²) in [6.45, 7) is 0. The topological polar surface area (TPSA) is 35.8 Å². The Morgan fingerprint density at radius 1 is 1.11 bits per heavy atom. The van der Waals surface area contributed by atoms with Gasteiger partial charge in [0, 0.05) is 25.2 Å². The lowest BCUT2D eigenvalue weighted by Gasteiger charge is -2.16. The predicted octanol–water partition coefficient (Wildman–Crippen LogP) is 5.54. The van der Waals surface area contributed by atoms with Crippen LogP contribution >= 0.6 is 43.5 Å². The summed E-state index contributed by atoms with van der Waals surface area (Å²) in [5.41, 5.74) is 1.67. The molecule has 0 aromatic heterocycles. The van der Waals surface area contributed by atoms with Gasteiger partial charge in [0.1, 0.15) is 6.04 Å². The zero-order chi connectivity index (χ0) is 13.8. The minimum Gasteiger partial charge on any atom is -0.365 e.